The number of likely N-dealkylation sites (N-methyl/N-ethyl adjacent to an activating group) is 1. The zero-order valence-corrected chi connectivity index (χ0v) is 41.9. The normalized spacial score (nSPS) is 13.5. The van der Waals surface area contributed by atoms with Crippen molar-refractivity contribution in [1.29, 1.82) is 0 Å². The van der Waals surface area contributed by atoms with Crippen molar-refractivity contribution in [3.8, 4) is 0 Å². The Bertz CT molecular complexity index is 930. The number of hydrogen-bond acceptors (Lipinski definition) is 6. The van der Waals surface area contributed by atoms with Crippen molar-refractivity contribution in [2.24, 2.45) is 0 Å². The Balaban J connectivity index is 3.95. The largest absolute Gasteiger partial charge is 0.472 e. The monoisotopic (exact) mass is 875 g/mol. The molecule has 2 unspecified atom stereocenters. The van der Waals surface area contributed by atoms with E-state index in [1.165, 1.54) is 212 Å². The molecule has 0 aromatic heterocycles. The van der Waals surface area contributed by atoms with Crippen LogP contribution < -0.4 is 0 Å². The first-order valence-electron chi connectivity index (χ1n) is 26.3. The van der Waals surface area contributed by atoms with Crippen molar-refractivity contribution in [1.82, 2.24) is 0 Å². The first-order chi connectivity index (χ1) is 29.1. The quantitative estimate of drug-likeness (QED) is 0.0282. The summed E-state index contributed by atoms with van der Waals surface area (Å²) in [6.07, 6.45) is 50.2. The number of hydrogen-bond donors (Lipinski definition) is 1. The van der Waals surface area contributed by atoms with E-state index in [1.807, 2.05) is 21.1 Å². The van der Waals surface area contributed by atoms with Crippen LogP contribution in [0.5, 0.6) is 0 Å². The Kier molecular flexibility index (Phi) is 44.7. The molecule has 0 rings (SSSR count). The van der Waals surface area contributed by atoms with Gasteiger partial charge in [0.15, 0.2) is 0 Å². The van der Waals surface area contributed by atoms with E-state index in [-0.39, 0.29) is 25.8 Å². The highest BCUT2D eigenvalue weighted by atomic mass is 31.2. The van der Waals surface area contributed by atoms with Crippen LogP contribution in [-0.2, 0) is 27.9 Å². The average molecular weight is 875 g/mol. The Morgan fingerprint density at radius 2 is 0.767 bits per heavy atom. The Labute approximate surface area is 374 Å². The van der Waals surface area contributed by atoms with Gasteiger partial charge in [-0.15, -0.1) is 0 Å². The number of ether oxygens (including phenoxy) is 2. The van der Waals surface area contributed by atoms with Crippen molar-refractivity contribution in [2.45, 2.75) is 270 Å². The third-order valence-corrected chi connectivity index (χ3v) is 12.9. The van der Waals surface area contributed by atoms with E-state index in [0.717, 1.165) is 32.1 Å². The molecule has 0 bridgehead atoms. The molecule has 8 nitrogen and oxygen atoms in total. The van der Waals surface area contributed by atoms with Crippen molar-refractivity contribution >= 4 is 13.8 Å². The smallest absolute Gasteiger partial charge is 0.457 e. The summed E-state index contributed by atoms with van der Waals surface area (Å²) < 4.78 is 35.1. The minimum Gasteiger partial charge on any atom is -0.457 e. The fourth-order valence-electron chi connectivity index (χ4n) is 7.85. The summed E-state index contributed by atoms with van der Waals surface area (Å²) in [4.78, 5) is 22.9. The molecule has 0 amide bonds. The highest BCUT2D eigenvalue weighted by Gasteiger charge is 2.26. The lowest BCUT2D eigenvalue weighted by Gasteiger charge is -2.24. The molecule has 1 N–H and O–H groups in total. The summed E-state index contributed by atoms with van der Waals surface area (Å²) in [6, 6.07) is 0. The maximum absolute atomic E-state index is 12.7. The Hall–Kier alpha value is -0.500. The summed E-state index contributed by atoms with van der Waals surface area (Å²) in [5.74, 6) is -0.307. The molecule has 0 aliphatic heterocycles. The molecule has 9 heteroatoms. The Morgan fingerprint density at radius 3 is 1.10 bits per heavy atom. The molecule has 0 spiro atoms. The molecule has 2 atom stereocenters. The maximum atomic E-state index is 12.7. The van der Waals surface area contributed by atoms with E-state index in [4.69, 9.17) is 18.5 Å². The van der Waals surface area contributed by atoms with Gasteiger partial charge in [0.25, 0.3) is 0 Å². The van der Waals surface area contributed by atoms with Gasteiger partial charge in [-0.2, -0.15) is 0 Å². The van der Waals surface area contributed by atoms with Gasteiger partial charge in [-0.25, -0.2) is 4.57 Å². The highest BCUT2D eigenvalue weighted by Crippen LogP contribution is 2.43. The van der Waals surface area contributed by atoms with E-state index in [2.05, 4.69) is 13.8 Å². The second-order valence-electron chi connectivity index (χ2n) is 19.3. The molecule has 0 aromatic carbocycles. The Morgan fingerprint density at radius 1 is 0.450 bits per heavy atom. The minimum absolute atomic E-state index is 0.0940. The number of esters is 1. The fourth-order valence-corrected chi connectivity index (χ4v) is 8.59. The van der Waals surface area contributed by atoms with Crippen molar-refractivity contribution < 1.29 is 37.3 Å². The summed E-state index contributed by atoms with van der Waals surface area (Å²) in [7, 11) is 1.69. The third-order valence-electron chi connectivity index (χ3n) is 11.9. The van der Waals surface area contributed by atoms with Gasteiger partial charge >= 0.3 is 13.8 Å². The number of unbranched alkanes of at least 4 members (excludes halogenated alkanes) is 36. The predicted molar refractivity (Wildman–Crippen MR) is 257 cm³/mol. The molecule has 0 fully saturated rings. The molecule has 0 saturated carbocycles. The molecule has 0 saturated heterocycles. The van der Waals surface area contributed by atoms with Crippen LogP contribution in [0.4, 0.5) is 0 Å². The molecule has 0 aliphatic carbocycles. The molecule has 0 heterocycles. The number of carbonyl (C=O) groups is 1. The topological polar surface area (TPSA) is 91.3 Å². The summed E-state index contributed by atoms with van der Waals surface area (Å²) in [6.45, 7) is 5.69. The van der Waals surface area contributed by atoms with Gasteiger partial charge in [0.05, 0.1) is 34.4 Å². The van der Waals surface area contributed by atoms with Crippen LogP contribution in [0.2, 0.25) is 0 Å². The predicted octanol–water partition coefficient (Wildman–Crippen LogP) is 16.0. The van der Waals surface area contributed by atoms with Gasteiger partial charge in [-0.05, 0) is 12.8 Å². The second kappa shape index (κ2) is 45.1. The van der Waals surface area contributed by atoms with Gasteiger partial charge in [0, 0.05) is 13.0 Å². The van der Waals surface area contributed by atoms with Gasteiger partial charge in [0.2, 0.25) is 0 Å². The number of phosphoric ester groups is 1. The molecule has 0 aliphatic rings. The van der Waals surface area contributed by atoms with Crippen LogP contribution in [-0.4, -0.2) is 75.6 Å². The lowest BCUT2D eigenvalue weighted by Crippen LogP contribution is -2.37. The van der Waals surface area contributed by atoms with Gasteiger partial charge in [0.1, 0.15) is 19.3 Å². The summed E-state index contributed by atoms with van der Waals surface area (Å²) in [5, 5.41) is 0. The van der Waals surface area contributed by atoms with Crippen LogP contribution in [0.3, 0.4) is 0 Å². The first-order valence-corrected chi connectivity index (χ1v) is 27.8. The highest BCUT2D eigenvalue weighted by molar-refractivity contribution is 7.47. The molecular formula is C51H105NO7P+. The minimum atomic E-state index is -4.27. The van der Waals surface area contributed by atoms with Crippen LogP contribution in [0.15, 0.2) is 0 Å². The third kappa shape index (κ3) is 48.5. The van der Waals surface area contributed by atoms with Gasteiger partial charge in [-0.3, -0.25) is 13.8 Å². The second-order valence-corrected chi connectivity index (χ2v) is 20.7. The number of nitrogens with zero attached hydrogens (tertiary/aromatic N) is 1. The van der Waals surface area contributed by atoms with Crippen LogP contribution in [0.1, 0.15) is 264 Å². The summed E-state index contributed by atoms with van der Waals surface area (Å²) in [5.41, 5.74) is 0. The van der Waals surface area contributed by atoms with Crippen molar-refractivity contribution in [2.75, 3.05) is 54.1 Å². The molecule has 60 heavy (non-hydrogen) atoms. The van der Waals surface area contributed by atoms with E-state index in [1.54, 1.807) is 0 Å². The zero-order valence-electron chi connectivity index (χ0n) is 41.0. The SMILES string of the molecule is CCCCCCCCCCCCCCCCCCCCCCCCCCCCOCC(COP(=O)(O)OCC[N+](C)(C)C)OC(=O)CCCCCCCCCCCCCC. The number of quaternary nitrogens is 1. The first kappa shape index (κ1) is 59.5. The lowest BCUT2D eigenvalue weighted by atomic mass is 10.0. The van der Waals surface area contributed by atoms with E-state index >= 15 is 0 Å². The lowest BCUT2D eigenvalue weighted by molar-refractivity contribution is -0.870. The molecular weight excluding hydrogens is 770 g/mol. The summed E-state index contributed by atoms with van der Waals surface area (Å²) >= 11 is 0. The molecule has 360 valence electrons. The standard InChI is InChI=1S/C51H104NO7P/c1-6-8-10-12-14-16-18-20-21-22-23-24-25-26-27-28-29-30-31-32-33-35-37-39-41-43-46-56-48-50(49-58-60(54,55)57-47-45-52(3,4)5)59-51(53)44-42-40-38-36-34-19-17-15-13-11-9-7-2/h50H,6-49H2,1-5H3/p+1. The molecule has 0 radical (unpaired) electrons. The van der Waals surface area contributed by atoms with Crippen LogP contribution >= 0.6 is 7.82 Å². The van der Waals surface area contributed by atoms with Gasteiger partial charge < -0.3 is 18.9 Å². The maximum Gasteiger partial charge on any atom is 0.472 e. The number of phosphoric acid groups is 1. The number of carbonyl (C=O) groups excluding carboxylic acids is 1. The fraction of sp³-hybridized carbons (Fsp3) is 0.980. The van der Waals surface area contributed by atoms with Crippen LogP contribution in [0.25, 0.3) is 0 Å². The van der Waals surface area contributed by atoms with E-state index in [9.17, 15) is 14.3 Å². The number of rotatable bonds is 50. The van der Waals surface area contributed by atoms with Crippen LogP contribution in [0, 0.1) is 0 Å². The van der Waals surface area contributed by atoms with Gasteiger partial charge in [-0.1, -0.05) is 245 Å². The van der Waals surface area contributed by atoms with Crippen molar-refractivity contribution in [3.63, 3.8) is 0 Å². The van der Waals surface area contributed by atoms with E-state index < -0.39 is 13.9 Å². The molecule has 0 aromatic rings. The van der Waals surface area contributed by atoms with E-state index in [0.29, 0.717) is 24.1 Å². The van der Waals surface area contributed by atoms with Crippen molar-refractivity contribution in [3.05, 3.63) is 0 Å². The average Bonchev–Trinajstić information content (AvgIpc) is 3.20. The zero-order chi connectivity index (χ0) is 44.1.